The second-order valence-electron chi connectivity index (χ2n) is 2.83. The molecule has 17 heavy (non-hydrogen) atoms. The summed E-state index contributed by atoms with van der Waals surface area (Å²) in [5, 5.41) is 0. The highest BCUT2D eigenvalue weighted by atomic mass is 19.4. The summed E-state index contributed by atoms with van der Waals surface area (Å²) in [5.74, 6) is 0. The van der Waals surface area contributed by atoms with Crippen LogP contribution in [-0.2, 0) is 4.74 Å². The normalized spacial score (nSPS) is 17.1. The molecule has 0 N–H and O–H groups in total. The zero-order chi connectivity index (χ0) is 14.3. The molecule has 0 bridgehead atoms. The lowest BCUT2D eigenvalue weighted by Gasteiger charge is -2.35. The van der Waals surface area contributed by atoms with Crippen LogP contribution in [0, 0.1) is 0 Å². The van der Waals surface area contributed by atoms with Crippen LogP contribution < -0.4 is 0 Å². The molecule has 1 nitrogen and oxygen atoms in total. The molecule has 0 aliphatic carbocycles. The van der Waals surface area contributed by atoms with E-state index >= 15 is 0 Å². The van der Waals surface area contributed by atoms with Gasteiger partial charge in [0.25, 0.3) is 0 Å². The standard InChI is InChI=1S/C6H4F10O/c1-2(7)17-6(15,16)3(8,4(9,10)11)5(12,13)14/h2H,1H3. The second-order valence-corrected chi connectivity index (χ2v) is 2.83. The van der Waals surface area contributed by atoms with Gasteiger partial charge in [-0.3, -0.25) is 4.74 Å². The van der Waals surface area contributed by atoms with Gasteiger partial charge in [0.2, 0.25) is 6.36 Å². The van der Waals surface area contributed by atoms with Crippen LogP contribution in [0.4, 0.5) is 43.9 Å². The fourth-order valence-electron chi connectivity index (χ4n) is 0.776. The van der Waals surface area contributed by atoms with E-state index in [1.165, 1.54) is 0 Å². The lowest BCUT2D eigenvalue weighted by atomic mass is 10.0. The van der Waals surface area contributed by atoms with Crippen LogP contribution in [0.5, 0.6) is 0 Å². The van der Waals surface area contributed by atoms with Crippen molar-refractivity contribution in [2.75, 3.05) is 0 Å². The predicted molar refractivity (Wildman–Crippen MR) is 32.6 cm³/mol. The van der Waals surface area contributed by atoms with E-state index in [1.807, 2.05) is 0 Å². The first kappa shape index (κ1) is 16.3. The number of halogens is 10. The quantitative estimate of drug-likeness (QED) is 0.716. The van der Waals surface area contributed by atoms with Crippen LogP contribution in [0.2, 0.25) is 0 Å². The van der Waals surface area contributed by atoms with Crippen molar-refractivity contribution in [3.05, 3.63) is 0 Å². The van der Waals surface area contributed by atoms with E-state index in [2.05, 4.69) is 4.74 Å². The van der Waals surface area contributed by atoms with E-state index in [4.69, 9.17) is 0 Å². The minimum atomic E-state index is -7.02. The number of hydrogen-bond donors (Lipinski definition) is 0. The van der Waals surface area contributed by atoms with Crippen LogP contribution in [0.25, 0.3) is 0 Å². The van der Waals surface area contributed by atoms with Crippen LogP contribution >= 0.6 is 0 Å². The monoisotopic (exact) mass is 282 g/mol. The first-order chi connectivity index (χ1) is 7.17. The van der Waals surface area contributed by atoms with Crippen molar-refractivity contribution in [2.45, 2.75) is 37.4 Å². The Bertz CT molecular complexity index is 249. The highest BCUT2D eigenvalue weighted by Gasteiger charge is 2.85. The molecule has 0 amide bonds. The number of rotatable bonds is 3. The van der Waals surface area contributed by atoms with Gasteiger partial charge in [-0.15, -0.1) is 0 Å². The number of hydrogen-bond acceptors (Lipinski definition) is 1. The van der Waals surface area contributed by atoms with Crippen molar-refractivity contribution in [1.82, 2.24) is 0 Å². The number of alkyl halides is 10. The van der Waals surface area contributed by atoms with Crippen molar-refractivity contribution >= 4 is 0 Å². The summed E-state index contributed by atoms with van der Waals surface area (Å²) in [4.78, 5) is 0. The minimum absolute atomic E-state index is 0.0705. The summed E-state index contributed by atoms with van der Waals surface area (Å²) in [7, 11) is 0. The van der Waals surface area contributed by atoms with Crippen molar-refractivity contribution in [3.8, 4) is 0 Å². The molecule has 11 heteroatoms. The predicted octanol–water partition coefficient (Wildman–Crippen LogP) is 3.74. The molecule has 0 radical (unpaired) electrons. The van der Waals surface area contributed by atoms with Crippen molar-refractivity contribution in [1.29, 1.82) is 0 Å². The fourth-order valence-corrected chi connectivity index (χ4v) is 0.776. The Labute approximate surface area is 87.3 Å². The molecule has 0 saturated heterocycles. The molecule has 0 spiro atoms. The van der Waals surface area contributed by atoms with Crippen molar-refractivity contribution < 1.29 is 48.6 Å². The van der Waals surface area contributed by atoms with Gasteiger partial charge in [-0.25, -0.2) is 8.78 Å². The highest BCUT2D eigenvalue weighted by molar-refractivity contribution is 5.01. The van der Waals surface area contributed by atoms with E-state index in [9.17, 15) is 43.9 Å². The third-order valence-corrected chi connectivity index (χ3v) is 1.49. The molecule has 0 aromatic rings. The summed E-state index contributed by atoms with van der Waals surface area (Å²) < 4.78 is 122. The molecular formula is C6H4F10O. The molecule has 1 atom stereocenters. The van der Waals surface area contributed by atoms with E-state index in [0.29, 0.717) is 0 Å². The van der Waals surface area contributed by atoms with Gasteiger partial charge < -0.3 is 0 Å². The van der Waals surface area contributed by atoms with E-state index < -0.39 is 30.5 Å². The molecule has 0 rings (SSSR count). The van der Waals surface area contributed by atoms with Gasteiger partial charge in [0, 0.05) is 0 Å². The maximum atomic E-state index is 12.7. The highest BCUT2D eigenvalue weighted by Crippen LogP contribution is 2.55. The molecule has 104 valence electrons. The van der Waals surface area contributed by atoms with E-state index in [-0.39, 0.29) is 6.92 Å². The summed E-state index contributed by atoms with van der Waals surface area (Å²) >= 11 is 0. The SMILES string of the molecule is CC(F)OC(F)(F)C(F)(C(F)(F)F)C(F)(F)F. The summed E-state index contributed by atoms with van der Waals surface area (Å²) in [5.41, 5.74) is -6.99. The third kappa shape index (κ3) is 2.75. The van der Waals surface area contributed by atoms with Crippen molar-refractivity contribution in [2.24, 2.45) is 0 Å². The molecule has 0 aliphatic rings. The maximum absolute atomic E-state index is 12.7. The molecule has 0 heterocycles. The average Bonchev–Trinajstić information content (AvgIpc) is 1.95. The Hall–Kier alpha value is -0.740. The van der Waals surface area contributed by atoms with E-state index in [0.717, 1.165) is 0 Å². The van der Waals surface area contributed by atoms with Crippen LogP contribution in [0.15, 0.2) is 0 Å². The van der Waals surface area contributed by atoms with Gasteiger partial charge >= 0.3 is 24.1 Å². The average molecular weight is 282 g/mol. The fraction of sp³-hybridized carbons (Fsp3) is 1.00. The first-order valence-electron chi connectivity index (χ1n) is 3.69. The Morgan fingerprint density at radius 1 is 0.765 bits per heavy atom. The zero-order valence-electron chi connectivity index (χ0n) is 7.77. The maximum Gasteiger partial charge on any atom is 0.440 e. The minimum Gasteiger partial charge on any atom is -0.283 e. The van der Waals surface area contributed by atoms with Gasteiger partial charge in [-0.1, -0.05) is 0 Å². The van der Waals surface area contributed by atoms with Crippen LogP contribution in [-0.4, -0.2) is 30.5 Å². The summed E-state index contributed by atoms with van der Waals surface area (Å²) in [6.07, 6.45) is -23.7. The molecule has 0 aromatic heterocycles. The Kier molecular flexibility index (Phi) is 3.99. The van der Waals surface area contributed by atoms with E-state index in [1.54, 1.807) is 0 Å². The summed E-state index contributed by atoms with van der Waals surface area (Å²) in [6, 6.07) is 0. The Balaban J connectivity index is 5.66. The topological polar surface area (TPSA) is 9.23 Å². The molecule has 0 fully saturated rings. The first-order valence-corrected chi connectivity index (χ1v) is 3.69. The number of ether oxygens (including phenoxy) is 1. The summed E-state index contributed by atoms with van der Waals surface area (Å²) in [6.45, 7) is 0.0705. The molecule has 0 aromatic carbocycles. The zero-order valence-corrected chi connectivity index (χ0v) is 7.77. The molecule has 0 aliphatic heterocycles. The lowest BCUT2D eigenvalue weighted by molar-refractivity contribution is -0.459. The third-order valence-electron chi connectivity index (χ3n) is 1.49. The van der Waals surface area contributed by atoms with Crippen molar-refractivity contribution in [3.63, 3.8) is 0 Å². The molecule has 1 unspecified atom stereocenters. The Morgan fingerprint density at radius 2 is 1.06 bits per heavy atom. The van der Waals surface area contributed by atoms with Gasteiger partial charge in [-0.2, -0.15) is 35.1 Å². The molecule has 0 saturated carbocycles. The lowest BCUT2D eigenvalue weighted by Crippen LogP contribution is -2.65. The second kappa shape index (κ2) is 4.18. The van der Waals surface area contributed by atoms with Gasteiger partial charge in [0.1, 0.15) is 0 Å². The van der Waals surface area contributed by atoms with Gasteiger partial charge in [0.15, 0.2) is 0 Å². The smallest absolute Gasteiger partial charge is 0.283 e. The van der Waals surface area contributed by atoms with Gasteiger partial charge in [0.05, 0.1) is 0 Å². The Morgan fingerprint density at radius 3 is 1.24 bits per heavy atom. The molecular weight excluding hydrogens is 278 g/mol. The van der Waals surface area contributed by atoms with Crippen LogP contribution in [0.3, 0.4) is 0 Å². The van der Waals surface area contributed by atoms with Crippen LogP contribution in [0.1, 0.15) is 6.92 Å². The van der Waals surface area contributed by atoms with Gasteiger partial charge in [-0.05, 0) is 6.92 Å². The largest absolute Gasteiger partial charge is 0.440 e.